The van der Waals surface area contributed by atoms with E-state index in [-0.39, 0.29) is 30.6 Å². The summed E-state index contributed by atoms with van der Waals surface area (Å²) in [5.41, 5.74) is 1.78. The minimum atomic E-state index is 0. The predicted molar refractivity (Wildman–Crippen MR) is 113 cm³/mol. The molecule has 1 atom stereocenters. The van der Waals surface area contributed by atoms with Gasteiger partial charge in [0.2, 0.25) is 5.95 Å². The molecule has 3 heterocycles. The number of aromatic hydroxyl groups is 1. The lowest BCUT2D eigenvalue weighted by molar-refractivity contribution is 0.414. The normalized spacial score (nSPS) is 18.6. The first kappa shape index (κ1) is 21.2. The average Bonchev–Trinajstić information content (AvgIpc) is 3.42. The first-order valence-electron chi connectivity index (χ1n) is 9.16. The molecule has 29 heavy (non-hydrogen) atoms. The molecule has 0 spiro atoms. The van der Waals surface area contributed by atoms with Crippen LogP contribution in [0.5, 0.6) is 5.75 Å². The van der Waals surface area contributed by atoms with Crippen LogP contribution in [0.15, 0.2) is 36.8 Å². The Balaban J connectivity index is 0.00000120. The molecule has 9 nitrogen and oxygen atoms in total. The van der Waals surface area contributed by atoms with Crippen LogP contribution in [0.4, 0.5) is 5.95 Å². The minimum absolute atomic E-state index is 0. The molecule has 3 aromatic rings. The van der Waals surface area contributed by atoms with Crippen LogP contribution < -0.4 is 10.2 Å². The molecule has 0 unspecified atom stereocenters. The molecule has 2 fully saturated rings. The number of anilines is 1. The van der Waals surface area contributed by atoms with Crippen molar-refractivity contribution in [2.75, 3.05) is 24.5 Å². The number of benzene rings is 1. The highest BCUT2D eigenvalue weighted by atomic mass is 35.5. The molecule has 2 aliphatic rings. The van der Waals surface area contributed by atoms with Gasteiger partial charge in [0.05, 0.1) is 24.3 Å². The van der Waals surface area contributed by atoms with Gasteiger partial charge in [-0.25, -0.2) is 4.98 Å². The van der Waals surface area contributed by atoms with Gasteiger partial charge >= 0.3 is 0 Å². The maximum Gasteiger partial charge on any atom is 0.245 e. The number of rotatable bonds is 4. The van der Waals surface area contributed by atoms with E-state index >= 15 is 0 Å². The average molecular weight is 437 g/mol. The molecular weight excluding hydrogens is 415 g/mol. The van der Waals surface area contributed by atoms with E-state index < -0.39 is 0 Å². The molecule has 2 N–H and O–H groups in total. The van der Waals surface area contributed by atoms with E-state index in [0.29, 0.717) is 28.9 Å². The Morgan fingerprint density at radius 2 is 1.86 bits per heavy atom. The highest BCUT2D eigenvalue weighted by molar-refractivity contribution is 5.85. The zero-order chi connectivity index (χ0) is 18.2. The van der Waals surface area contributed by atoms with E-state index in [1.807, 2.05) is 6.07 Å². The summed E-state index contributed by atoms with van der Waals surface area (Å²) in [6.07, 6.45) is 7.46. The minimum Gasteiger partial charge on any atom is -0.507 e. The highest BCUT2D eigenvalue weighted by Gasteiger charge is 2.34. The van der Waals surface area contributed by atoms with Gasteiger partial charge in [0.15, 0.2) is 0 Å². The van der Waals surface area contributed by atoms with Crippen molar-refractivity contribution in [3.8, 4) is 22.7 Å². The van der Waals surface area contributed by atoms with E-state index in [0.717, 1.165) is 25.6 Å². The summed E-state index contributed by atoms with van der Waals surface area (Å²) in [7, 11) is 0. The van der Waals surface area contributed by atoms with Crippen LogP contribution in [0.25, 0.3) is 16.9 Å². The fraction of sp³-hybridized carbons (Fsp3) is 0.389. The van der Waals surface area contributed by atoms with Crippen LogP contribution in [0.1, 0.15) is 12.8 Å². The van der Waals surface area contributed by atoms with Crippen molar-refractivity contribution >= 4 is 30.8 Å². The fourth-order valence-electron chi connectivity index (χ4n) is 3.52. The summed E-state index contributed by atoms with van der Waals surface area (Å²) in [5.74, 6) is 1.52. The zero-order valence-corrected chi connectivity index (χ0v) is 17.2. The SMILES string of the molecule is Cl.Cl.Oc1cc(-n2nccn2)ccc1-c1cnc(N2CCN[C@@H](C3CC3)C2)nn1. The zero-order valence-electron chi connectivity index (χ0n) is 15.5. The standard InChI is InChI=1S/C18H20N8O.2ClH/c27-17-9-13(26-21-5-6-22-26)3-4-14(17)15-10-20-18(24-23-15)25-8-7-19-16(11-25)12-1-2-12;;/h3-6,9-10,12,16,19,27H,1-2,7-8,11H2;2*1H/t16-;;/m1../s1. The number of phenolic OH excluding ortho intramolecular Hbond substituents is 1. The molecule has 154 valence electrons. The van der Waals surface area contributed by atoms with Crippen molar-refractivity contribution in [2.45, 2.75) is 18.9 Å². The van der Waals surface area contributed by atoms with Crippen molar-refractivity contribution in [3.63, 3.8) is 0 Å². The Bertz CT molecular complexity index is 934. The Labute approximate surface area is 180 Å². The van der Waals surface area contributed by atoms with Crippen molar-refractivity contribution in [1.29, 1.82) is 0 Å². The van der Waals surface area contributed by atoms with Gasteiger partial charge in [-0.2, -0.15) is 15.0 Å². The number of piperazine rings is 1. The number of halogens is 2. The van der Waals surface area contributed by atoms with E-state index in [2.05, 4.69) is 35.6 Å². The van der Waals surface area contributed by atoms with Crippen molar-refractivity contribution in [2.24, 2.45) is 5.92 Å². The molecule has 2 aromatic heterocycles. The van der Waals surface area contributed by atoms with Gasteiger partial charge in [-0.1, -0.05) is 0 Å². The maximum atomic E-state index is 10.4. The van der Waals surface area contributed by atoms with Gasteiger partial charge in [-0.3, -0.25) is 0 Å². The summed E-state index contributed by atoms with van der Waals surface area (Å²) in [6.45, 7) is 2.74. The number of phenols is 1. The summed E-state index contributed by atoms with van der Waals surface area (Å²) in [4.78, 5) is 8.11. The van der Waals surface area contributed by atoms with Gasteiger partial charge in [-0.15, -0.1) is 35.0 Å². The monoisotopic (exact) mass is 436 g/mol. The first-order valence-corrected chi connectivity index (χ1v) is 9.16. The molecule has 0 bridgehead atoms. The van der Waals surface area contributed by atoms with Crippen LogP contribution in [-0.2, 0) is 0 Å². The predicted octanol–water partition coefficient (Wildman–Crippen LogP) is 1.86. The first-order chi connectivity index (χ1) is 13.3. The molecule has 1 aliphatic heterocycles. The number of nitrogens with one attached hydrogen (secondary N) is 1. The lowest BCUT2D eigenvalue weighted by atomic mass is 10.1. The van der Waals surface area contributed by atoms with Crippen LogP contribution in [-0.4, -0.2) is 61.0 Å². The summed E-state index contributed by atoms with van der Waals surface area (Å²) in [5, 5.41) is 30.7. The molecular formula is C18H22Cl2N8O. The highest BCUT2D eigenvalue weighted by Crippen LogP contribution is 2.34. The van der Waals surface area contributed by atoms with Crippen LogP contribution in [0, 0.1) is 5.92 Å². The third kappa shape index (κ3) is 4.42. The third-order valence-electron chi connectivity index (χ3n) is 5.14. The van der Waals surface area contributed by atoms with Gasteiger partial charge in [-0.05, 0) is 30.9 Å². The van der Waals surface area contributed by atoms with Gasteiger partial charge < -0.3 is 15.3 Å². The van der Waals surface area contributed by atoms with E-state index in [1.54, 1.807) is 30.7 Å². The quantitative estimate of drug-likeness (QED) is 0.638. The molecule has 1 saturated carbocycles. The van der Waals surface area contributed by atoms with E-state index in [1.165, 1.54) is 17.6 Å². The molecule has 1 saturated heterocycles. The smallest absolute Gasteiger partial charge is 0.245 e. The Hall–Kier alpha value is -2.49. The number of hydrogen-bond donors (Lipinski definition) is 2. The second-order valence-corrected chi connectivity index (χ2v) is 7.01. The lowest BCUT2D eigenvalue weighted by Crippen LogP contribution is -2.52. The van der Waals surface area contributed by atoms with E-state index in [9.17, 15) is 5.11 Å². The largest absolute Gasteiger partial charge is 0.507 e. The number of nitrogens with zero attached hydrogens (tertiary/aromatic N) is 7. The second-order valence-electron chi connectivity index (χ2n) is 7.01. The summed E-state index contributed by atoms with van der Waals surface area (Å²) < 4.78 is 0. The molecule has 5 rings (SSSR count). The maximum absolute atomic E-state index is 10.4. The number of aromatic nitrogens is 6. The van der Waals surface area contributed by atoms with Gasteiger partial charge in [0.1, 0.15) is 11.4 Å². The van der Waals surface area contributed by atoms with E-state index in [4.69, 9.17) is 0 Å². The van der Waals surface area contributed by atoms with Crippen molar-refractivity contribution in [3.05, 3.63) is 36.8 Å². The second kappa shape index (κ2) is 8.89. The van der Waals surface area contributed by atoms with Crippen LogP contribution in [0.3, 0.4) is 0 Å². The van der Waals surface area contributed by atoms with Crippen molar-refractivity contribution in [1.82, 2.24) is 35.5 Å². The van der Waals surface area contributed by atoms with Crippen LogP contribution >= 0.6 is 24.8 Å². The summed E-state index contributed by atoms with van der Waals surface area (Å²) in [6, 6.07) is 5.71. The molecule has 0 amide bonds. The Morgan fingerprint density at radius 1 is 1.07 bits per heavy atom. The summed E-state index contributed by atoms with van der Waals surface area (Å²) >= 11 is 0. The molecule has 1 aliphatic carbocycles. The fourth-order valence-corrected chi connectivity index (χ4v) is 3.52. The Morgan fingerprint density at radius 3 is 2.52 bits per heavy atom. The van der Waals surface area contributed by atoms with Crippen LogP contribution in [0.2, 0.25) is 0 Å². The number of hydrogen-bond acceptors (Lipinski definition) is 8. The molecule has 1 aromatic carbocycles. The third-order valence-corrected chi connectivity index (χ3v) is 5.14. The van der Waals surface area contributed by atoms with Gasteiger partial charge in [0, 0.05) is 37.3 Å². The Kier molecular flexibility index (Phi) is 6.51. The topological polar surface area (TPSA) is 105 Å². The lowest BCUT2D eigenvalue weighted by Gasteiger charge is -2.33. The molecule has 0 radical (unpaired) electrons. The van der Waals surface area contributed by atoms with Gasteiger partial charge in [0.25, 0.3) is 0 Å². The van der Waals surface area contributed by atoms with Crippen molar-refractivity contribution < 1.29 is 5.11 Å². The molecule has 11 heteroatoms.